The van der Waals surface area contributed by atoms with E-state index in [0.29, 0.717) is 6.61 Å². The van der Waals surface area contributed by atoms with Crippen molar-refractivity contribution in [2.45, 2.75) is 52.7 Å². The van der Waals surface area contributed by atoms with Gasteiger partial charge in [0.15, 0.2) is 0 Å². The second kappa shape index (κ2) is 5.63. The predicted octanol–water partition coefficient (Wildman–Crippen LogP) is 1.97. The first kappa shape index (κ1) is 16.3. The van der Waals surface area contributed by atoms with Crippen LogP contribution in [0, 0.1) is 13.8 Å². The summed E-state index contributed by atoms with van der Waals surface area (Å²) in [5, 5.41) is 8.89. The number of benzene rings is 1. The summed E-state index contributed by atoms with van der Waals surface area (Å²) in [7, 11) is -0.362. The predicted molar refractivity (Wildman–Crippen MR) is 84.2 cm³/mol. The molecule has 1 heterocycles. The van der Waals surface area contributed by atoms with E-state index in [-0.39, 0.29) is 24.9 Å². The first-order valence-electron chi connectivity index (χ1n) is 7.38. The summed E-state index contributed by atoms with van der Waals surface area (Å²) < 4.78 is 17.7. The second-order valence-electron chi connectivity index (χ2n) is 6.64. The Morgan fingerprint density at radius 1 is 1.05 bits per heavy atom. The van der Waals surface area contributed by atoms with Gasteiger partial charge in [0.05, 0.1) is 17.8 Å². The van der Waals surface area contributed by atoms with Gasteiger partial charge in [0.2, 0.25) is 0 Å². The normalized spacial score (nSPS) is 19.9. The standard InChI is InChI=1S/C16H25BO4/c1-11-9-13(10-12(2)14(11)19-8-7-18)17-20-15(3,4)16(5,6)21-17/h9-10,18H,7-8H2,1-6H3. The van der Waals surface area contributed by atoms with Crippen molar-refractivity contribution in [2.75, 3.05) is 13.2 Å². The fraction of sp³-hybridized carbons (Fsp3) is 0.625. The van der Waals surface area contributed by atoms with Crippen LogP contribution >= 0.6 is 0 Å². The maximum atomic E-state index is 8.89. The lowest BCUT2D eigenvalue weighted by molar-refractivity contribution is 0.00578. The smallest absolute Gasteiger partial charge is 0.491 e. The fourth-order valence-corrected chi connectivity index (χ4v) is 2.47. The SMILES string of the molecule is Cc1cc(B2OC(C)(C)C(C)(C)O2)cc(C)c1OCCO. The molecule has 1 aromatic rings. The molecule has 1 aliphatic heterocycles. The van der Waals surface area contributed by atoms with Gasteiger partial charge in [-0.05, 0) is 58.1 Å². The number of aliphatic hydroxyl groups is 1. The Balaban J connectivity index is 2.27. The number of aliphatic hydroxyl groups excluding tert-OH is 1. The van der Waals surface area contributed by atoms with Gasteiger partial charge >= 0.3 is 7.12 Å². The molecule has 5 heteroatoms. The van der Waals surface area contributed by atoms with Crippen molar-refractivity contribution in [1.82, 2.24) is 0 Å². The summed E-state index contributed by atoms with van der Waals surface area (Å²) in [5.74, 6) is 0.823. The summed E-state index contributed by atoms with van der Waals surface area (Å²) in [6, 6.07) is 4.06. The molecule has 1 aliphatic rings. The van der Waals surface area contributed by atoms with E-state index in [1.54, 1.807) is 0 Å². The van der Waals surface area contributed by atoms with Crippen LogP contribution in [0.15, 0.2) is 12.1 Å². The number of rotatable bonds is 4. The molecule has 0 radical (unpaired) electrons. The Morgan fingerprint density at radius 3 is 1.95 bits per heavy atom. The van der Waals surface area contributed by atoms with Crippen LogP contribution in [0.2, 0.25) is 0 Å². The van der Waals surface area contributed by atoms with Crippen LogP contribution in [-0.2, 0) is 9.31 Å². The Kier molecular flexibility index (Phi) is 4.38. The summed E-state index contributed by atoms with van der Waals surface area (Å²) in [6.07, 6.45) is 0. The van der Waals surface area contributed by atoms with E-state index in [1.165, 1.54) is 0 Å². The molecule has 0 atom stereocenters. The molecule has 0 unspecified atom stereocenters. The largest absolute Gasteiger partial charge is 0.494 e. The summed E-state index contributed by atoms with van der Waals surface area (Å²) in [5.41, 5.74) is 2.36. The lowest BCUT2D eigenvalue weighted by Gasteiger charge is -2.32. The second-order valence-corrected chi connectivity index (χ2v) is 6.64. The van der Waals surface area contributed by atoms with E-state index >= 15 is 0 Å². The summed E-state index contributed by atoms with van der Waals surface area (Å²) >= 11 is 0. The molecule has 4 nitrogen and oxygen atoms in total. The summed E-state index contributed by atoms with van der Waals surface area (Å²) in [6.45, 7) is 12.5. The minimum atomic E-state index is -0.362. The quantitative estimate of drug-likeness (QED) is 0.862. The molecule has 1 N–H and O–H groups in total. The van der Waals surface area contributed by atoms with E-state index in [9.17, 15) is 0 Å². The molecular weight excluding hydrogens is 267 g/mol. The van der Waals surface area contributed by atoms with Crippen LogP contribution in [0.5, 0.6) is 5.75 Å². The molecule has 0 spiro atoms. The number of hydrogen-bond acceptors (Lipinski definition) is 4. The molecule has 116 valence electrons. The first-order valence-corrected chi connectivity index (χ1v) is 7.38. The van der Waals surface area contributed by atoms with Gasteiger partial charge in [-0.25, -0.2) is 0 Å². The highest BCUT2D eigenvalue weighted by atomic mass is 16.7. The molecule has 0 aliphatic carbocycles. The number of aryl methyl sites for hydroxylation is 2. The van der Waals surface area contributed by atoms with Gasteiger partial charge in [-0.2, -0.15) is 0 Å². The third-order valence-corrected chi connectivity index (χ3v) is 4.35. The van der Waals surface area contributed by atoms with Gasteiger partial charge in [-0.15, -0.1) is 0 Å². The van der Waals surface area contributed by atoms with Crippen LogP contribution in [0.25, 0.3) is 0 Å². The zero-order chi connectivity index (χ0) is 15.8. The maximum absolute atomic E-state index is 8.89. The first-order chi connectivity index (χ1) is 9.68. The Hall–Kier alpha value is -1.04. The topological polar surface area (TPSA) is 47.9 Å². The lowest BCUT2D eigenvalue weighted by atomic mass is 9.77. The van der Waals surface area contributed by atoms with Gasteiger partial charge in [0.1, 0.15) is 12.4 Å². The van der Waals surface area contributed by atoms with Crippen molar-refractivity contribution < 1.29 is 19.2 Å². The van der Waals surface area contributed by atoms with Crippen molar-refractivity contribution in [1.29, 1.82) is 0 Å². The highest BCUT2D eigenvalue weighted by molar-refractivity contribution is 6.62. The van der Waals surface area contributed by atoms with Gasteiger partial charge < -0.3 is 19.2 Å². The molecule has 21 heavy (non-hydrogen) atoms. The third-order valence-electron chi connectivity index (χ3n) is 4.35. The molecule has 0 saturated carbocycles. The Bertz CT molecular complexity index is 486. The molecule has 1 fully saturated rings. The van der Waals surface area contributed by atoms with Gasteiger partial charge in [0, 0.05) is 0 Å². The molecule has 1 saturated heterocycles. The van der Waals surface area contributed by atoms with Crippen molar-refractivity contribution in [3.63, 3.8) is 0 Å². The number of ether oxygens (including phenoxy) is 1. The molecule has 0 aromatic heterocycles. The monoisotopic (exact) mass is 292 g/mol. The van der Waals surface area contributed by atoms with Crippen molar-refractivity contribution in [3.05, 3.63) is 23.3 Å². The molecule has 0 amide bonds. The van der Waals surface area contributed by atoms with Crippen LogP contribution in [0.3, 0.4) is 0 Å². The zero-order valence-corrected chi connectivity index (χ0v) is 13.8. The summed E-state index contributed by atoms with van der Waals surface area (Å²) in [4.78, 5) is 0. The van der Waals surface area contributed by atoms with Gasteiger partial charge in [-0.1, -0.05) is 12.1 Å². The van der Waals surface area contributed by atoms with Crippen LogP contribution < -0.4 is 10.2 Å². The molecule has 2 rings (SSSR count). The van der Waals surface area contributed by atoms with E-state index in [0.717, 1.165) is 22.3 Å². The zero-order valence-electron chi connectivity index (χ0n) is 13.8. The van der Waals surface area contributed by atoms with Crippen molar-refractivity contribution in [3.8, 4) is 5.75 Å². The van der Waals surface area contributed by atoms with Gasteiger partial charge in [-0.3, -0.25) is 0 Å². The Morgan fingerprint density at radius 2 is 1.52 bits per heavy atom. The van der Waals surface area contributed by atoms with Crippen LogP contribution in [-0.4, -0.2) is 36.6 Å². The lowest BCUT2D eigenvalue weighted by Crippen LogP contribution is -2.41. The number of hydrogen-bond donors (Lipinski definition) is 1. The molecule has 0 bridgehead atoms. The van der Waals surface area contributed by atoms with Crippen LogP contribution in [0.4, 0.5) is 0 Å². The highest BCUT2D eigenvalue weighted by Crippen LogP contribution is 2.37. The van der Waals surface area contributed by atoms with E-state index < -0.39 is 0 Å². The van der Waals surface area contributed by atoms with E-state index in [2.05, 4.69) is 0 Å². The van der Waals surface area contributed by atoms with Crippen molar-refractivity contribution >= 4 is 12.6 Å². The highest BCUT2D eigenvalue weighted by Gasteiger charge is 2.51. The minimum Gasteiger partial charge on any atom is -0.491 e. The van der Waals surface area contributed by atoms with E-state index in [1.807, 2.05) is 53.7 Å². The third kappa shape index (κ3) is 3.10. The average Bonchev–Trinajstić information content (AvgIpc) is 2.57. The maximum Gasteiger partial charge on any atom is 0.494 e. The fourth-order valence-electron chi connectivity index (χ4n) is 2.47. The molecular formula is C16H25BO4. The molecule has 1 aromatic carbocycles. The van der Waals surface area contributed by atoms with Gasteiger partial charge in [0.25, 0.3) is 0 Å². The Labute approximate surface area is 127 Å². The minimum absolute atomic E-state index is 0.0118. The van der Waals surface area contributed by atoms with E-state index in [4.69, 9.17) is 19.2 Å². The van der Waals surface area contributed by atoms with Crippen molar-refractivity contribution in [2.24, 2.45) is 0 Å². The van der Waals surface area contributed by atoms with Crippen LogP contribution in [0.1, 0.15) is 38.8 Å². The average molecular weight is 292 g/mol.